The maximum absolute atomic E-state index is 12.6. The van der Waals surface area contributed by atoms with Gasteiger partial charge >= 0.3 is 0 Å². The van der Waals surface area contributed by atoms with Gasteiger partial charge in [-0.2, -0.15) is 0 Å². The first kappa shape index (κ1) is 14.8. The fourth-order valence-electron chi connectivity index (χ4n) is 2.40. The smallest absolute Gasteiger partial charge is 0.230 e. The van der Waals surface area contributed by atoms with Crippen molar-refractivity contribution >= 4 is 23.1 Å². The van der Waals surface area contributed by atoms with Crippen LogP contribution in [0.25, 0.3) is 0 Å². The van der Waals surface area contributed by atoms with Gasteiger partial charge in [0.05, 0.1) is 17.5 Å². The number of ether oxygens (including phenoxy) is 1. The first-order valence-corrected chi connectivity index (χ1v) is 7.19. The monoisotopic (exact) mass is 292 g/mol. The Hall–Kier alpha value is -1.62. The minimum absolute atomic E-state index is 0.0577. The second kappa shape index (κ2) is 6.22. The minimum Gasteiger partial charge on any atom is -0.492 e. The summed E-state index contributed by atoms with van der Waals surface area (Å²) in [6, 6.07) is 7.91. The van der Waals surface area contributed by atoms with Crippen molar-refractivity contribution in [3.8, 4) is 5.75 Å². The van der Waals surface area contributed by atoms with E-state index in [1.54, 1.807) is 4.90 Å². The molecule has 20 heavy (non-hydrogen) atoms. The topological polar surface area (TPSA) is 55.6 Å². The van der Waals surface area contributed by atoms with Gasteiger partial charge in [0.15, 0.2) is 0 Å². The van der Waals surface area contributed by atoms with Crippen molar-refractivity contribution in [2.45, 2.75) is 26.3 Å². The molecule has 0 radical (unpaired) electrons. The predicted molar refractivity (Wildman–Crippen MR) is 82.8 cm³/mol. The lowest BCUT2D eigenvalue weighted by Gasteiger charge is -2.32. The number of nitrogens with two attached hydrogens (primary N) is 1. The molecule has 0 bridgehead atoms. The van der Waals surface area contributed by atoms with E-state index in [0.29, 0.717) is 24.6 Å². The van der Waals surface area contributed by atoms with E-state index in [0.717, 1.165) is 11.3 Å². The number of carbonyl (C=O) groups excluding carboxylic acids is 1. The number of hydrogen-bond donors (Lipinski definition) is 1. The molecule has 1 aromatic rings. The van der Waals surface area contributed by atoms with E-state index in [4.69, 9.17) is 22.7 Å². The third-order valence-corrected chi connectivity index (χ3v) is 3.59. The predicted octanol–water partition coefficient (Wildman–Crippen LogP) is 1.76. The molecule has 0 saturated carbocycles. The maximum atomic E-state index is 12.6. The Morgan fingerprint density at radius 2 is 2.20 bits per heavy atom. The van der Waals surface area contributed by atoms with Crippen molar-refractivity contribution in [3.63, 3.8) is 0 Å². The van der Waals surface area contributed by atoms with Gasteiger partial charge in [0.1, 0.15) is 12.4 Å². The zero-order valence-electron chi connectivity index (χ0n) is 11.8. The molecule has 0 aliphatic carbocycles. The van der Waals surface area contributed by atoms with Gasteiger partial charge in [-0.15, -0.1) is 0 Å². The summed E-state index contributed by atoms with van der Waals surface area (Å²) in [4.78, 5) is 14.7. The second-order valence-corrected chi connectivity index (χ2v) is 5.87. The maximum Gasteiger partial charge on any atom is 0.230 e. The fraction of sp³-hybridized carbons (Fsp3) is 0.467. The van der Waals surface area contributed by atoms with Crippen LogP contribution in [0.4, 0.5) is 0 Å². The van der Waals surface area contributed by atoms with Gasteiger partial charge in [0, 0.05) is 6.04 Å². The fourth-order valence-corrected chi connectivity index (χ4v) is 2.54. The summed E-state index contributed by atoms with van der Waals surface area (Å²) in [5, 5.41) is 0. The Bertz CT molecular complexity index is 516. The average molecular weight is 292 g/mol. The molecule has 1 unspecified atom stereocenters. The summed E-state index contributed by atoms with van der Waals surface area (Å²) in [5.41, 5.74) is 6.66. The molecule has 5 heteroatoms. The van der Waals surface area contributed by atoms with Gasteiger partial charge < -0.3 is 15.4 Å². The van der Waals surface area contributed by atoms with Crippen LogP contribution >= 0.6 is 12.2 Å². The number of thiocarbonyl (C=S) groups is 1. The van der Waals surface area contributed by atoms with E-state index in [1.165, 1.54) is 0 Å². The molecule has 4 nitrogen and oxygen atoms in total. The third-order valence-electron chi connectivity index (χ3n) is 3.46. The van der Waals surface area contributed by atoms with Gasteiger partial charge in [-0.25, -0.2) is 0 Å². The van der Waals surface area contributed by atoms with Crippen LogP contribution in [0.15, 0.2) is 24.3 Å². The van der Waals surface area contributed by atoms with E-state index >= 15 is 0 Å². The summed E-state index contributed by atoms with van der Waals surface area (Å²) < 4.78 is 5.68. The Balaban J connectivity index is 2.11. The number of carbonyl (C=O) groups is 1. The van der Waals surface area contributed by atoms with Crippen LogP contribution in [0.3, 0.4) is 0 Å². The second-order valence-electron chi connectivity index (χ2n) is 5.35. The standard InChI is InChI=1S/C15H20N2O2S/c1-10(2)17(8-14(16)20)15(18)12-7-11-5-3-4-6-13(11)19-9-12/h3-6,10,12H,7-9H2,1-2H3,(H2,16,20). The van der Waals surface area contributed by atoms with E-state index < -0.39 is 0 Å². The Labute approximate surface area is 124 Å². The number of benzene rings is 1. The zero-order chi connectivity index (χ0) is 14.7. The van der Waals surface area contributed by atoms with Crippen LogP contribution < -0.4 is 10.5 Å². The minimum atomic E-state index is -0.165. The van der Waals surface area contributed by atoms with Crippen molar-refractivity contribution in [2.75, 3.05) is 13.2 Å². The van der Waals surface area contributed by atoms with Crippen LogP contribution in [0.2, 0.25) is 0 Å². The van der Waals surface area contributed by atoms with Crippen molar-refractivity contribution in [1.82, 2.24) is 4.90 Å². The number of nitrogens with zero attached hydrogens (tertiary/aromatic N) is 1. The van der Waals surface area contributed by atoms with Crippen molar-refractivity contribution in [3.05, 3.63) is 29.8 Å². The van der Waals surface area contributed by atoms with E-state index in [2.05, 4.69) is 0 Å². The first-order chi connectivity index (χ1) is 9.49. The summed E-state index contributed by atoms with van der Waals surface area (Å²) >= 11 is 4.93. The number of amides is 1. The molecule has 1 amide bonds. The molecule has 0 fully saturated rings. The van der Waals surface area contributed by atoms with Crippen LogP contribution in [0, 0.1) is 5.92 Å². The molecule has 2 rings (SSSR count). The highest BCUT2D eigenvalue weighted by Gasteiger charge is 2.30. The van der Waals surface area contributed by atoms with Crippen LogP contribution in [-0.4, -0.2) is 35.0 Å². The van der Waals surface area contributed by atoms with Gasteiger partial charge in [0.2, 0.25) is 5.91 Å². The number of fused-ring (bicyclic) bond motifs is 1. The van der Waals surface area contributed by atoms with Gasteiger partial charge in [0.25, 0.3) is 0 Å². The average Bonchev–Trinajstić information content (AvgIpc) is 2.43. The van der Waals surface area contributed by atoms with Crippen LogP contribution in [-0.2, 0) is 11.2 Å². The highest BCUT2D eigenvalue weighted by atomic mass is 32.1. The molecule has 1 atom stereocenters. The molecule has 1 aromatic carbocycles. The summed E-state index contributed by atoms with van der Waals surface area (Å²) in [6.45, 7) is 4.67. The van der Waals surface area contributed by atoms with Crippen molar-refractivity contribution < 1.29 is 9.53 Å². The normalized spacial score (nSPS) is 17.2. The van der Waals surface area contributed by atoms with Crippen LogP contribution in [0.5, 0.6) is 5.75 Å². The highest BCUT2D eigenvalue weighted by molar-refractivity contribution is 7.80. The molecule has 108 valence electrons. The lowest BCUT2D eigenvalue weighted by atomic mass is 9.95. The molecule has 1 aliphatic rings. The third kappa shape index (κ3) is 3.28. The van der Waals surface area contributed by atoms with Gasteiger partial charge in [-0.1, -0.05) is 30.4 Å². The molecule has 0 saturated heterocycles. The SMILES string of the molecule is CC(C)N(CC(N)=S)C(=O)C1COc2ccccc2C1. The Morgan fingerprint density at radius 1 is 1.50 bits per heavy atom. The summed E-state index contributed by atoms with van der Waals surface area (Å²) in [6.07, 6.45) is 0.704. The van der Waals surface area contributed by atoms with Gasteiger partial charge in [-0.3, -0.25) is 4.79 Å². The zero-order valence-corrected chi connectivity index (χ0v) is 12.7. The summed E-state index contributed by atoms with van der Waals surface area (Å²) in [7, 11) is 0. The molecule has 0 aromatic heterocycles. The van der Waals surface area contributed by atoms with Crippen molar-refractivity contribution in [1.29, 1.82) is 0 Å². The number of para-hydroxylation sites is 1. The molecule has 1 aliphatic heterocycles. The molecular weight excluding hydrogens is 272 g/mol. The first-order valence-electron chi connectivity index (χ1n) is 6.78. The molecular formula is C15H20N2O2S. The van der Waals surface area contributed by atoms with E-state index in [-0.39, 0.29) is 17.9 Å². The van der Waals surface area contributed by atoms with Crippen LogP contribution in [0.1, 0.15) is 19.4 Å². The van der Waals surface area contributed by atoms with E-state index in [1.807, 2.05) is 38.1 Å². The lowest BCUT2D eigenvalue weighted by Crippen LogP contribution is -2.47. The Kier molecular flexibility index (Phi) is 4.60. The number of rotatable bonds is 4. The summed E-state index contributed by atoms with van der Waals surface area (Å²) in [5.74, 6) is 0.769. The molecule has 0 spiro atoms. The number of hydrogen-bond acceptors (Lipinski definition) is 3. The molecule has 2 N–H and O–H groups in total. The quantitative estimate of drug-likeness (QED) is 0.859. The van der Waals surface area contributed by atoms with E-state index in [9.17, 15) is 4.79 Å². The van der Waals surface area contributed by atoms with Crippen molar-refractivity contribution in [2.24, 2.45) is 11.7 Å². The van der Waals surface area contributed by atoms with Gasteiger partial charge in [-0.05, 0) is 31.9 Å². The lowest BCUT2D eigenvalue weighted by molar-refractivity contribution is -0.137. The largest absolute Gasteiger partial charge is 0.492 e. The molecule has 1 heterocycles. The highest BCUT2D eigenvalue weighted by Crippen LogP contribution is 2.28. The Morgan fingerprint density at radius 3 is 2.85 bits per heavy atom.